The average Bonchev–Trinajstić information content (AvgIpc) is 2.96. The van der Waals surface area contributed by atoms with Crippen LogP contribution in [0.1, 0.15) is 44.1 Å². The van der Waals surface area contributed by atoms with Gasteiger partial charge in [0.2, 0.25) is 5.91 Å². The summed E-state index contributed by atoms with van der Waals surface area (Å²) in [6, 6.07) is 17.1. The molecular formula is C31H43ClN4O2. The maximum Gasteiger partial charge on any atom is 0.222 e. The van der Waals surface area contributed by atoms with Crippen molar-refractivity contribution in [3.8, 4) is 5.75 Å². The van der Waals surface area contributed by atoms with Crippen molar-refractivity contribution in [2.24, 2.45) is 5.92 Å². The first-order chi connectivity index (χ1) is 18.6. The van der Waals surface area contributed by atoms with Gasteiger partial charge in [-0.15, -0.1) is 0 Å². The Morgan fingerprint density at radius 2 is 1.74 bits per heavy atom. The smallest absolute Gasteiger partial charge is 0.222 e. The molecule has 6 nitrogen and oxygen atoms in total. The molecule has 3 fully saturated rings. The molecule has 206 valence electrons. The minimum atomic E-state index is 0.358. The molecule has 3 heterocycles. The predicted octanol–water partition coefficient (Wildman–Crippen LogP) is 5.15. The third kappa shape index (κ3) is 6.83. The molecule has 3 aliphatic rings. The molecule has 0 N–H and O–H groups in total. The van der Waals surface area contributed by atoms with Crippen molar-refractivity contribution < 1.29 is 9.53 Å². The number of nitrogens with zero attached hydrogens (tertiary/aromatic N) is 4. The normalized spacial score (nSPS) is 23.4. The fourth-order valence-corrected chi connectivity index (χ4v) is 6.91. The van der Waals surface area contributed by atoms with Crippen LogP contribution in [0.2, 0.25) is 5.02 Å². The zero-order valence-electron chi connectivity index (χ0n) is 22.9. The molecule has 0 bridgehead atoms. The van der Waals surface area contributed by atoms with E-state index in [1.54, 1.807) is 7.11 Å². The molecule has 0 aliphatic carbocycles. The first-order valence-corrected chi connectivity index (χ1v) is 14.8. The Balaban J connectivity index is 1.23. The second kappa shape index (κ2) is 13.2. The molecule has 38 heavy (non-hydrogen) atoms. The van der Waals surface area contributed by atoms with Gasteiger partial charge in [0, 0.05) is 69.8 Å². The SMILES string of the molecule is COc1ccccc1N1CCN([C@@H]2CCN(Cc3cccc(Cl)c3)C[C@@H]2CCC(=O)N2CCCCC2)CC1. The number of hydrogen-bond acceptors (Lipinski definition) is 5. The fourth-order valence-electron chi connectivity index (χ4n) is 6.69. The number of ether oxygens (including phenoxy) is 1. The van der Waals surface area contributed by atoms with Gasteiger partial charge in [-0.25, -0.2) is 0 Å². The lowest BCUT2D eigenvalue weighted by Gasteiger charge is -2.47. The summed E-state index contributed by atoms with van der Waals surface area (Å²) in [6.07, 6.45) is 6.36. The maximum absolute atomic E-state index is 13.1. The van der Waals surface area contributed by atoms with Gasteiger partial charge in [0.25, 0.3) is 0 Å². The van der Waals surface area contributed by atoms with Gasteiger partial charge in [-0.1, -0.05) is 35.9 Å². The number of carbonyl (C=O) groups excluding carboxylic acids is 1. The third-order valence-corrected chi connectivity index (χ3v) is 8.96. The molecule has 2 aromatic rings. The van der Waals surface area contributed by atoms with Crippen LogP contribution in [0.4, 0.5) is 5.69 Å². The minimum absolute atomic E-state index is 0.358. The largest absolute Gasteiger partial charge is 0.495 e. The molecule has 1 amide bonds. The Hall–Kier alpha value is -2.28. The van der Waals surface area contributed by atoms with Crippen molar-refractivity contribution in [3.05, 3.63) is 59.1 Å². The van der Waals surface area contributed by atoms with E-state index < -0.39 is 0 Å². The summed E-state index contributed by atoms with van der Waals surface area (Å²) in [5, 5.41) is 0.800. The van der Waals surface area contributed by atoms with E-state index in [1.807, 2.05) is 24.3 Å². The number of hydrogen-bond donors (Lipinski definition) is 0. The van der Waals surface area contributed by atoms with E-state index in [-0.39, 0.29) is 0 Å². The number of benzene rings is 2. The van der Waals surface area contributed by atoms with Gasteiger partial charge < -0.3 is 14.5 Å². The average molecular weight is 539 g/mol. The second-order valence-electron chi connectivity index (χ2n) is 11.2. The lowest BCUT2D eigenvalue weighted by Crippen LogP contribution is -2.56. The number of anilines is 1. The number of halogens is 1. The highest BCUT2D eigenvalue weighted by molar-refractivity contribution is 6.30. The van der Waals surface area contributed by atoms with E-state index >= 15 is 0 Å². The summed E-state index contributed by atoms with van der Waals surface area (Å²) in [5.74, 6) is 1.80. The highest BCUT2D eigenvalue weighted by atomic mass is 35.5. The lowest BCUT2D eigenvalue weighted by atomic mass is 9.86. The standard InChI is InChI=1S/C31H43ClN4O2/c1-38-30-11-4-3-10-29(30)35-20-18-34(19-21-35)28-14-17-33(23-25-8-7-9-27(32)22-25)24-26(28)12-13-31(37)36-15-5-2-6-16-36/h3-4,7-11,22,26,28H,2,5-6,12-21,23-24H2,1H3/t26-,28+/m0/s1. The molecule has 2 atom stereocenters. The third-order valence-electron chi connectivity index (χ3n) is 8.72. The molecule has 0 aromatic heterocycles. The van der Waals surface area contributed by atoms with Crippen LogP contribution < -0.4 is 9.64 Å². The highest BCUT2D eigenvalue weighted by Gasteiger charge is 2.35. The second-order valence-corrected chi connectivity index (χ2v) is 11.6. The van der Waals surface area contributed by atoms with Gasteiger partial charge in [0.05, 0.1) is 12.8 Å². The van der Waals surface area contributed by atoms with E-state index in [4.69, 9.17) is 16.3 Å². The summed E-state index contributed by atoms with van der Waals surface area (Å²) >= 11 is 6.27. The summed E-state index contributed by atoms with van der Waals surface area (Å²) in [5.41, 5.74) is 2.46. The molecular weight excluding hydrogens is 496 g/mol. The van der Waals surface area contributed by atoms with Gasteiger partial charge in [0.15, 0.2) is 0 Å². The summed E-state index contributed by atoms with van der Waals surface area (Å²) in [7, 11) is 1.75. The molecule has 0 spiro atoms. The van der Waals surface area contributed by atoms with E-state index in [0.29, 0.717) is 24.3 Å². The topological polar surface area (TPSA) is 39.3 Å². The zero-order chi connectivity index (χ0) is 26.3. The van der Waals surface area contributed by atoms with Crippen molar-refractivity contribution >= 4 is 23.2 Å². The number of piperidine rings is 2. The van der Waals surface area contributed by atoms with Gasteiger partial charge in [-0.2, -0.15) is 0 Å². The number of piperazine rings is 1. The number of likely N-dealkylation sites (tertiary alicyclic amines) is 2. The van der Waals surface area contributed by atoms with Crippen LogP contribution in [0, 0.1) is 5.92 Å². The molecule has 0 saturated carbocycles. The van der Waals surface area contributed by atoms with Crippen LogP contribution in [-0.2, 0) is 11.3 Å². The molecule has 7 heteroatoms. The first-order valence-electron chi connectivity index (χ1n) is 14.5. The van der Waals surface area contributed by atoms with E-state index in [2.05, 4.69) is 43.9 Å². The molecule has 0 unspecified atom stereocenters. The highest BCUT2D eigenvalue weighted by Crippen LogP contribution is 2.32. The monoisotopic (exact) mass is 538 g/mol. The Morgan fingerprint density at radius 1 is 0.947 bits per heavy atom. The van der Waals surface area contributed by atoms with Crippen molar-refractivity contribution in [2.45, 2.75) is 51.1 Å². The number of para-hydroxylation sites is 2. The Morgan fingerprint density at radius 3 is 2.50 bits per heavy atom. The van der Waals surface area contributed by atoms with E-state index in [9.17, 15) is 4.79 Å². The molecule has 0 radical (unpaired) electrons. The van der Waals surface area contributed by atoms with Crippen LogP contribution in [0.3, 0.4) is 0 Å². The van der Waals surface area contributed by atoms with Crippen molar-refractivity contribution in [3.63, 3.8) is 0 Å². The van der Waals surface area contributed by atoms with Crippen molar-refractivity contribution in [1.29, 1.82) is 0 Å². The zero-order valence-corrected chi connectivity index (χ0v) is 23.6. The van der Waals surface area contributed by atoms with Gasteiger partial charge in [-0.05, 0) is 74.4 Å². The van der Waals surface area contributed by atoms with Crippen LogP contribution in [-0.4, -0.2) is 86.1 Å². The number of rotatable bonds is 8. The fraction of sp³-hybridized carbons (Fsp3) is 0.581. The Bertz CT molecular complexity index is 1050. The van der Waals surface area contributed by atoms with Crippen LogP contribution in [0.5, 0.6) is 5.75 Å². The van der Waals surface area contributed by atoms with Gasteiger partial charge >= 0.3 is 0 Å². The first kappa shape index (κ1) is 27.3. The predicted molar refractivity (Wildman–Crippen MR) is 155 cm³/mol. The summed E-state index contributed by atoms with van der Waals surface area (Å²) in [4.78, 5) is 22.9. The summed E-state index contributed by atoms with van der Waals surface area (Å²) < 4.78 is 5.63. The quantitative estimate of drug-likeness (QED) is 0.464. The minimum Gasteiger partial charge on any atom is -0.495 e. The molecule has 2 aromatic carbocycles. The van der Waals surface area contributed by atoms with Crippen molar-refractivity contribution in [1.82, 2.24) is 14.7 Å². The molecule has 3 saturated heterocycles. The number of carbonyl (C=O) groups is 1. The Kier molecular flexibility index (Phi) is 9.47. The summed E-state index contributed by atoms with van der Waals surface area (Å²) in [6.45, 7) is 9.03. The lowest BCUT2D eigenvalue weighted by molar-refractivity contribution is -0.132. The van der Waals surface area contributed by atoms with Gasteiger partial charge in [-0.3, -0.25) is 14.6 Å². The van der Waals surface area contributed by atoms with Crippen LogP contribution >= 0.6 is 11.6 Å². The van der Waals surface area contributed by atoms with E-state index in [1.165, 1.54) is 17.7 Å². The van der Waals surface area contributed by atoms with Crippen LogP contribution in [0.25, 0.3) is 0 Å². The molecule has 3 aliphatic heterocycles. The van der Waals surface area contributed by atoms with E-state index in [0.717, 1.165) is 95.4 Å². The maximum atomic E-state index is 13.1. The Labute approximate surface area is 233 Å². The number of amides is 1. The number of methoxy groups -OCH3 is 1. The van der Waals surface area contributed by atoms with Crippen LogP contribution in [0.15, 0.2) is 48.5 Å². The molecule has 5 rings (SSSR count). The van der Waals surface area contributed by atoms with Gasteiger partial charge in [0.1, 0.15) is 5.75 Å². The van der Waals surface area contributed by atoms with Crippen molar-refractivity contribution in [2.75, 3.05) is 64.4 Å².